The monoisotopic (exact) mass is 479 g/mol. The molecule has 1 aromatic carbocycles. The molecule has 0 radical (unpaired) electrons. The highest BCUT2D eigenvalue weighted by Gasteiger charge is 2.21. The third kappa shape index (κ3) is 4.17. The molecule has 0 amide bonds. The molecule has 11 heteroatoms. The lowest BCUT2D eigenvalue weighted by Crippen LogP contribution is -2.37. The van der Waals surface area contributed by atoms with Crippen molar-refractivity contribution >= 4 is 17.1 Å². The maximum absolute atomic E-state index is 13.0. The third-order valence-electron chi connectivity index (χ3n) is 6.43. The number of aryl methyl sites for hydroxylation is 1. The molecular weight excluding hydrogens is 450 g/mol. The quantitative estimate of drug-likeness (QED) is 0.412. The zero-order valence-electron chi connectivity index (χ0n) is 19.8. The Bertz CT molecular complexity index is 1460. The average Bonchev–Trinajstić information content (AvgIpc) is 3.51. The predicted molar refractivity (Wildman–Crippen MR) is 131 cm³/mol. The number of nitrogens with zero attached hydrogens (tertiary/aromatic N) is 6. The smallest absolute Gasteiger partial charge is 0.332 e. The predicted octanol–water partition coefficient (Wildman–Crippen LogP) is 1.45. The van der Waals surface area contributed by atoms with E-state index in [4.69, 9.17) is 4.74 Å². The zero-order valence-corrected chi connectivity index (χ0v) is 19.8. The van der Waals surface area contributed by atoms with Gasteiger partial charge in [-0.25, -0.2) is 9.48 Å². The van der Waals surface area contributed by atoms with Gasteiger partial charge in [0.15, 0.2) is 17.4 Å². The Hall–Kier alpha value is -3.70. The highest BCUT2D eigenvalue weighted by molar-refractivity contribution is 5.74. The molecule has 2 N–H and O–H groups in total. The van der Waals surface area contributed by atoms with E-state index in [9.17, 15) is 14.7 Å². The van der Waals surface area contributed by atoms with Crippen LogP contribution in [0.4, 0.5) is 5.95 Å². The van der Waals surface area contributed by atoms with Gasteiger partial charge in [0.25, 0.3) is 5.56 Å². The van der Waals surface area contributed by atoms with Crippen molar-refractivity contribution < 1.29 is 9.84 Å². The Kier molecular flexibility index (Phi) is 6.27. The molecule has 5 rings (SSSR count). The van der Waals surface area contributed by atoms with E-state index in [-0.39, 0.29) is 19.4 Å². The van der Waals surface area contributed by atoms with E-state index in [0.29, 0.717) is 23.7 Å². The van der Waals surface area contributed by atoms with Gasteiger partial charge < -0.3 is 15.2 Å². The normalized spacial score (nSPS) is 16.1. The van der Waals surface area contributed by atoms with Crippen LogP contribution < -0.4 is 16.6 Å². The number of ether oxygens (including phenoxy) is 1. The van der Waals surface area contributed by atoms with Crippen LogP contribution in [0.25, 0.3) is 22.4 Å². The van der Waals surface area contributed by atoms with Gasteiger partial charge in [0, 0.05) is 33.4 Å². The van der Waals surface area contributed by atoms with Gasteiger partial charge in [-0.3, -0.25) is 18.5 Å². The molecule has 35 heavy (non-hydrogen) atoms. The molecular formula is C24H29N7O4. The summed E-state index contributed by atoms with van der Waals surface area (Å²) in [6.45, 7) is 1.29. The van der Waals surface area contributed by atoms with Gasteiger partial charge in [0.05, 0.1) is 18.8 Å². The molecule has 184 valence electrons. The van der Waals surface area contributed by atoms with E-state index in [1.807, 2.05) is 35.0 Å². The molecule has 1 aliphatic rings. The molecule has 4 heterocycles. The lowest BCUT2D eigenvalue weighted by atomic mass is 10.1. The summed E-state index contributed by atoms with van der Waals surface area (Å²) in [7, 11) is 3.04. The summed E-state index contributed by atoms with van der Waals surface area (Å²) < 4.78 is 12.0. The number of aliphatic hydroxyl groups is 1. The Morgan fingerprint density at radius 1 is 1.11 bits per heavy atom. The van der Waals surface area contributed by atoms with Crippen molar-refractivity contribution in [2.45, 2.75) is 32.0 Å². The average molecular weight is 480 g/mol. The standard InChI is InChI=1S/C24H29N7O4/c1-28-21-20(22(33)29(2)24(28)34)30(23(27-21)25-12-13-32)15-16-6-8-17(9-7-16)18-10-11-26-31(18)19-5-3-4-14-35-19/h6-11,19,32H,3-5,12-15H2,1-2H3,(H,25,27). The van der Waals surface area contributed by atoms with Crippen LogP contribution >= 0.6 is 0 Å². The highest BCUT2D eigenvalue weighted by Crippen LogP contribution is 2.28. The molecule has 1 atom stereocenters. The molecule has 0 spiro atoms. The fraction of sp³-hybridized carbons (Fsp3) is 0.417. The van der Waals surface area contributed by atoms with Crippen molar-refractivity contribution in [3.8, 4) is 11.3 Å². The van der Waals surface area contributed by atoms with Gasteiger partial charge in [-0.2, -0.15) is 10.1 Å². The van der Waals surface area contributed by atoms with E-state index in [1.54, 1.807) is 17.8 Å². The largest absolute Gasteiger partial charge is 0.395 e. The van der Waals surface area contributed by atoms with E-state index < -0.39 is 11.2 Å². The Morgan fingerprint density at radius 2 is 1.91 bits per heavy atom. The number of hydrogen-bond acceptors (Lipinski definition) is 7. The molecule has 11 nitrogen and oxygen atoms in total. The molecule has 1 aliphatic heterocycles. The summed E-state index contributed by atoms with van der Waals surface area (Å²) in [5.74, 6) is 0.420. The van der Waals surface area contributed by atoms with Crippen LogP contribution in [-0.2, 0) is 25.4 Å². The lowest BCUT2D eigenvalue weighted by molar-refractivity contribution is -0.0383. The molecule has 1 unspecified atom stereocenters. The van der Waals surface area contributed by atoms with Crippen LogP contribution in [0.2, 0.25) is 0 Å². The van der Waals surface area contributed by atoms with Gasteiger partial charge in [-0.1, -0.05) is 24.3 Å². The first-order valence-electron chi connectivity index (χ1n) is 11.7. The second kappa shape index (κ2) is 9.51. The van der Waals surface area contributed by atoms with Crippen molar-refractivity contribution in [1.29, 1.82) is 0 Å². The first kappa shape index (κ1) is 23.1. The second-order valence-electron chi connectivity index (χ2n) is 8.73. The number of aromatic nitrogens is 6. The maximum Gasteiger partial charge on any atom is 0.332 e. The molecule has 1 fully saturated rings. The molecule has 1 saturated heterocycles. The Morgan fingerprint density at radius 3 is 2.63 bits per heavy atom. The molecule has 0 bridgehead atoms. The number of hydrogen-bond donors (Lipinski definition) is 2. The van der Waals surface area contributed by atoms with Gasteiger partial charge in [0.1, 0.15) is 0 Å². The first-order chi connectivity index (χ1) is 17.0. The van der Waals surface area contributed by atoms with Gasteiger partial charge >= 0.3 is 5.69 Å². The van der Waals surface area contributed by atoms with E-state index in [0.717, 1.165) is 47.3 Å². The number of aliphatic hydroxyl groups excluding tert-OH is 1. The SMILES string of the molecule is Cn1c(=O)c2c(nc(NCCO)n2Cc2ccc(-c3ccnn3C3CCCCO3)cc2)n(C)c1=O. The minimum absolute atomic E-state index is 0.0474. The van der Waals surface area contributed by atoms with Gasteiger partial charge in [-0.05, 0) is 36.5 Å². The van der Waals surface area contributed by atoms with Crippen LogP contribution in [0.15, 0.2) is 46.1 Å². The van der Waals surface area contributed by atoms with Crippen molar-refractivity contribution in [3.05, 3.63) is 62.9 Å². The summed E-state index contributed by atoms with van der Waals surface area (Å²) in [4.78, 5) is 29.9. The van der Waals surface area contributed by atoms with Crippen LogP contribution in [0, 0.1) is 0 Å². The van der Waals surface area contributed by atoms with E-state index >= 15 is 0 Å². The van der Waals surface area contributed by atoms with Crippen molar-refractivity contribution in [2.75, 3.05) is 25.1 Å². The third-order valence-corrected chi connectivity index (χ3v) is 6.43. The number of rotatable bonds is 7. The molecule has 0 aliphatic carbocycles. The summed E-state index contributed by atoms with van der Waals surface area (Å²) in [6.07, 6.45) is 4.89. The van der Waals surface area contributed by atoms with Crippen LogP contribution in [0.3, 0.4) is 0 Å². The van der Waals surface area contributed by atoms with Crippen LogP contribution in [0.5, 0.6) is 0 Å². The summed E-state index contributed by atoms with van der Waals surface area (Å²) >= 11 is 0. The van der Waals surface area contributed by atoms with E-state index in [1.165, 1.54) is 11.6 Å². The second-order valence-corrected chi connectivity index (χ2v) is 8.73. The van der Waals surface area contributed by atoms with Crippen molar-refractivity contribution in [1.82, 2.24) is 28.5 Å². The Balaban J connectivity index is 1.50. The molecule has 0 saturated carbocycles. The van der Waals surface area contributed by atoms with Gasteiger partial charge in [0.2, 0.25) is 5.95 Å². The first-order valence-corrected chi connectivity index (χ1v) is 11.7. The molecule has 3 aromatic heterocycles. The van der Waals surface area contributed by atoms with Crippen molar-refractivity contribution in [2.24, 2.45) is 14.1 Å². The minimum Gasteiger partial charge on any atom is -0.395 e. The minimum atomic E-state index is -0.441. The van der Waals surface area contributed by atoms with Gasteiger partial charge in [-0.15, -0.1) is 0 Å². The maximum atomic E-state index is 13.0. The summed E-state index contributed by atoms with van der Waals surface area (Å²) in [6, 6.07) is 10.0. The summed E-state index contributed by atoms with van der Waals surface area (Å²) in [5.41, 5.74) is 2.73. The fourth-order valence-corrected chi connectivity index (χ4v) is 4.56. The number of anilines is 1. The van der Waals surface area contributed by atoms with E-state index in [2.05, 4.69) is 15.4 Å². The number of benzene rings is 1. The number of nitrogens with one attached hydrogen (secondary N) is 1. The fourth-order valence-electron chi connectivity index (χ4n) is 4.56. The number of imidazole rings is 1. The Labute approximate surface area is 201 Å². The zero-order chi connectivity index (χ0) is 24.5. The van der Waals surface area contributed by atoms with Crippen molar-refractivity contribution in [3.63, 3.8) is 0 Å². The molecule has 4 aromatic rings. The lowest BCUT2D eigenvalue weighted by Gasteiger charge is -2.24. The number of fused-ring (bicyclic) bond motifs is 1. The van der Waals surface area contributed by atoms with Crippen LogP contribution in [0.1, 0.15) is 31.1 Å². The topological polar surface area (TPSA) is 121 Å². The summed E-state index contributed by atoms with van der Waals surface area (Å²) in [5, 5.41) is 16.8. The highest BCUT2D eigenvalue weighted by atomic mass is 16.5. The van der Waals surface area contributed by atoms with Crippen LogP contribution in [-0.4, -0.2) is 53.3 Å².